The SMILES string of the molecule is CO[C@@H](O)[C@H](C)O[C@H]1C[C@H](C#N)CO[C@H]1OCc1ccccc1. The summed E-state index contributed by atoms with van der Waals surface area (Å²) in [6.07, 6.45) is -2.10. The van der Waals surface area contributed by atoms with Crippen LogP contribution in [0.1, 0.15) is 18.9 Å². The minimum absolute atomic E-state index is 0.247. The third kappa shape index (κ3) is 5.27. The maximum atomic E-state index is 9.68. The fraction of sp³-hybridized carbons (Fsp3) is 0.588. The molecule has 0 radical (unpaired) electrons. The summed E-state index contributed by atoms with van der Waals surface area (Å²) in [7, 11) is 1.41. The van der Waals surface area contributed by atoms with Gasteiger partial charge in [-0.15, -0.1) is 0 Å². The van der Waals surface area contributed by atoms with Gasteiger partial charge in [0.1, 0.15) is 12.2 Å². The van der Waals surface area contributed by atoms with Crippen molar-refractivity contribution in [2.75, 3.05) is 13.7 Å². The first-order chi connectivity index (χ1) is 11.1. The first kappa shape index (κ1) is 17.9. The molecule has 2 rings (SSSR count). The van der Waals surface area contributed by atoms with Gasteiger partial charge < -0.3 is 24.1 Å². The van der Waals surface area contributed by atoms with Crippen LogP contribution in [0.5, 0.6) is 0 Å². The molecular weight excluding hydrogens is 298 g/mol. The lowest BCUT2D eigenvalue weighted by Crippen LogP contribution is -2.45. The van der Waals surface area contributed by atoms with Crippen LogP contribution in [0.15, 0.2) is 30.3 Å². The number of aliphatic hydroxyl groups is 1. The van der Waals surface area contributed by atoms with Gasteiger partial charge in [-0.2, -0.15) is 5.26 Å². The summed E-state index contributed by atoms with van der Waals surface area (Å²) in [5, 5.41) is 18.8. The van der Waals surface area contributed by atoms with Gasteiger partial charge >= 0.3 is 0 Å². The van der Waals surface area contributed by atoms with E-state index >= 15 is 0 Å². The summed E-state index contributed by atoms with van der Waals surface area (Å²) in [5.41, 5.74) is 1.03. The van der Waals surface area contributed by atoms with Gasteiger partial charge in [-0.05, 0) is 18.9 Å². The van der Waals surface area contributed by atoms with Crippen molar-refractivity contribution in [1.82, 2.24) is 0 Å². The van der Waals surface area contributed by atoms with Crippen LogP contribution in [0.4, 0.5) is 0 Å². The van der Waals surface area contributed by atoms with E-state index in [-0.39, 0.29) is 5.92 Å². The van der Waals surface area contributed by atoms with E-state index in [4.69, 9.17) is 24.2 Å². The highest BCUT2D eigenvalue weighted by Gasteiger charge is 2.35. The van der Waals surface area contributed by atoms with Gasteiger partial charge in [-0.25, -0.2) is 0 Å². The van der Waals surface area contributed by atoms with E-state index in [9.17, 15) is 5.11 Å². The lowest BCUT2D eigenvalue weighted by atomic mass is 10.0. The number of ether oxygens (including phenoxy) is 4. The van der Waals surface area contributed by atoms with E-state index in [1.54, 1.807) is 6.92 Å². The first-order valence-electron chi connectivity index (χ1n) is 7.67. The lowest BCUT2D eigenvalue weighted by molar-refractivity contribution is -0.267. The molecule has 0 saturated carbocycles. The molecule has 1 fully saturated rings. The van der Waals surface area contributed by atoms with E-state index in [0.29, 0.717) is 19.6 Å². The summed E-state index contributed by atoms with van der Waals surface area (Å²) in [4.78, 5) is 0. The minimum atomic E-state index is -1.03. The van der Waals surface area contributed by atoms with Gasteiger partial charge in [0.15, 0.2) is 12.6 Å². The van der Waals surface area contributed by atoms with Crippen molar-refractivity contribution in [1.29, 1.82) is 5.26 Å². The van der Waals surface area contributed by atoms with Crippen LogP contribution in [-0.2, 0) is 25.6 Å². The van der Waals surface area contributed by atoms with Crippen molar-refractivity contribution in [2.45, 2.75) is 44.7 Å². The molecule has 1 aliphatic heterocycles. The van der Waals surface area contributed by atoms with E-state index in [2.05, 4.69) is 6.07 Å². The smallest absolute Gasteiger partial charge is 0.184 e. The Bertz CT molecular complexity index is 503. The zero-order chi connectivity index (χ0) is 16.7. The van der Waals surface area contributed by atoms with Crippen LogP contribution in [0.25, 0.3) is 0 Å². The Balaban J connectivity index is 1.95. The van der Waals surface area contributed by atoms with E-state index in [1.807, 2.05) is 30.3 Å². The van der Waals surface area contributed by atoms with Crippen LogP contribution in [0, 0.1) is 17.2 Å². The topological polar surface area (TPSA) is 80.9 Å². The quantitative estimate of drug-likeness (QED) is 0.772. The van der Waals surface area contributed by atoms with Gasteiger partial charge in [0.2, 0.25) is 0 Å². The molecule has 1 N–H and O–H groups in total. The summed E-state index contributed by atoms with van der Waals surface area (Å²) in [6, 6.07) is 11.9. The third-order valence-corrected chi connectivity index (χ3v) is 3.75. The molecule has 1 saturated heterocycles. The monoisotopic (exact) mass is 321 g/mol. The Morgan fingerprint density at radius 2 is 2.13 bits per heavy atom. The number of aliphatic hydroxyl groups excluding tert-OH is 1. The van der Waals surface area contributed by atoms with Crippen molar-refractivity contribution < 1.29 is 24.1 Å². The summed E-state index contributed by atoms with van der Waals surface area (Å²) < 4.78 is 22.1. The Hall–Kier alpha value is -1.49. The molecule has 6 heteroatoms. The largest absolute Gasteiger partial charge is 0.366 e. The molecule has 0 aliphatic carbocycles. The highest BCUT2D eigenvalue weighted by Crippen LogP contribution is 2.25. The Morgan fingerprint density at radius 1 is 1.39 bits per heavy atom. The first-order valence-corrected chi connectivity index (χ1v) is 7.67. The lowest BCUT2D eigenvalue weighted by Gasteiger charge is -2.35. The molecule has 0 aromatic heterocycles. The zero-order valence-electron chi connectivity index (χ0n) is 13.4. The Kier molecular flexibility index (Phi) is 6.96. The van der Waals surface area contributed by atoms with Gasteiger partial charge in [-0.3, -0.25) is 0 Å². The minimum Gasteiger partial charge on any atom is -0.366 e. The van der Waals surface area contributed by atoms with E-state index in [1.165, 1.54) is 7.11 Å². The Morgan fingerprint density at radius 3 is 2.78 bits per heavy atom. The molecule has 0 spiro atoms. The maximum absolute atomic E-state index is 9.68. The van der Waals surface area contributed by atoms with Crippen molar-refractivity contribution in [3.63, 3.8) is 0 Å². The predicted octanol–water partition coefficient (Wildman–Crippen LogP) is 1.83. The molecule has 1 aromatic rings. The Labute approximate surface area is 136 Å². The fourth-order valence-corrected chi connectivity index (χ4v) is 2.43. The number of hydrogen-bond donors (Lipinski definition) is 1. The molecule has 5 atom stereocenters. The van der Waals surface area contributed by atoms with E-state index < -0.39 is 24.8 Å². The zero-order valence-corrected chi connectivity index (χ0v) is 13.4. The van der Waals surface area contributed by atoms with Crippen LogP contribution < -0.4 is 0 Å². The van der Waals surface area contributed by atoms with Crippen LogP contribution in [0.3, 0.4) is 0 Å². The molecule has 126 valence electrons. The molecule has 0 bridgehead atoms. The van der Waals surface area contributed by atoms with Crippen LogP contribution in [-0.4, -0.2) is 43.6 Å². The van der Waals surface area contributed by atoms with Crippen LogP contribution >= 0.6 is 0 Å². The number of nitrogens with zero attached hydrogens (tertiary/aromatic N) is 1. The van der Waals surface area contributed by atoms with Crippen molar-refractivity contribution in [2.24, 2.45) is 5.92 Å². The van der Waals surface area contributed by atoms with Gasteiger partial charge in [0.25, 0.3) is 0 Å². The number of rotatable bonds is 7. The number of benzene rings is 1. The normalized spacial score (nSPS) is 27.1. The molecule has 0 unspecified atom stereocenters. The molecule has 1 aromatic carbocycles. The third-order valence-electron chi connectivity index (χ3n) is 3.75. The summed E-state index contributed by atoms with van der Waals surface area (Å²) in [6.45, 7) is 2.42. The second-order valence-corrected chi connectivity index (χ2v) is 5.57. The highest BCUT2D eigenvalue weighted by atomic mass is 16.7. The molecule has 23 heavy (non-hydrogen) atoms. The second-order valence-electron chi connectivity index (χ2n) is 5.57. The fourth-order valence-electron chi connectivity index (χ4n) is 2.43. The average Bonchev–Trinajstić information content (AvgIpc) is 2.60. The number of hydrogen-bond acceptors (Lipinski definition) is 6. The standard InChI is InChI=1S/C17H23NO5/c1-12(16(19)20-2)23-15-8-14(9-18)11-22-17(15)21-10-13-6-4-3-5-7-13/h3-7,12,14-17,19H,8,10-11H2,1-2H3/t12-,14+,15-,16+,17+/m0/s1. The average molecular weight is 321 g/mol. The number of methoxy groups -OCH3 is 1. The van der Waals surface area contributed by atoms with Crippen molar-refractivity contribution in [3.05, 3.63) is 35.9 Å². The molecule has 1 aliphatic rings. The maximum Gasteiger partial charge on any atom is 0.184 e. The van der Waals surface area contributed by atoms with Crippen molar-refractivity contribution in [3.8, 4) is 6.07 Å². The van der Waals surface area contributed by atoms with Gasteiger partial charge in [0.05, 0.1) is 25.2 Å². The number of nitriles is 1. The summed E-state index contributed by atoms with van der Waals surface area (Å²) in [5.74, 6) is -0.247. The van der Waals surface area contributed by atoms with Gasteiger partial charge in [0, 0.05) is 7.11 Å². The molecule has 0 amide bonds. The molecular formula is C17H23NO5. The molecule has 6 nitrogen and oxygen atoms in total. The van der Waals surface area contributed by atoms with Crippen LogP contribution in [0.2, 0.25) is 0 Å². The predicted molar refractivity (Wildman–Crippen MR) is 82.0 cm³/mol. The van der Waals surface area contributed by atoms with Crippen molar-refractivity contribution >= 4 is 0 Å². The summed E-state index contributed by atoms with van der Waals surface area (Å²) >= 11 is 0. The second kappa shape index (κ2) is 8.96. The molecule has 1 heterocycles. The van der Waals surface area contributed by atoms with Gasteiger partial charge in [-0.1, -0.05) is 30.3 Å². The van der Waals surface area contributed by atoms with E-state index in [0.717, 1.165) is 5.56 Å². The highest BCUT2D eigenvalue weighted by molar-refractivity contribution is 5.13.